The standard InChI is InChI=1S/C22H16ClN3O/c1-14-8-9-16(11-19(14)23)25-22(27)18-12-21(15-5-4-10-24-13-15)26-20-7-3-2-6-17(18)20/h2-13H,1H3,(H,25,27). The van der Waals surface area contributed by atoms with Crippen LogP contribution in [0.2, 0.25) is 5.02 Å². The number of aromatic nitrogens is 2. The summed E-state index contributed by atoms with van der Waals surface area (Å²) in [6.45, 7) is 1.92. The smallest absolute Gasteiger partial charge is 0.256 e. The van der Waals surface area contributed by atoms with Gasteiger partial charge in [-0.05, 0) is 48.9 Å². The minimum Gasteiger partial charge on any atom is -0.322 e. The van der Waals surface area contributed by atoms with Crippen molar-refractivity contribution in [2.24, 2.45) is 0 Å². The quantitative estimate of drug-likeness (QED) is 0.515. The Balaban J connectivity index is 1.79. The molecule has 2 aromatic heterocycles. The van der Waals surface area contributed by atoms with Crippen LogP contribution in [-0.2, 0) is 0 Å². The normalized spacial score (nSPS) is 10.7. The molecule has 0 unspecified atom stereocenters. The molecule has 1 amide bonds. The van der Waals surface area contributed by atoms with Crippen LogP contribution in [0, 0.1) is 6.92 Å². The SMILES string of the molecule is Cc1ccc(NC(=O)c2cc(-c3cccnc3)nc3ccccc23)cc1Cl. The van der Waals surface area contributed by atoms with Crippen molar-refractivity contribution in [2.45, 2.75) is 6.92 Å². The Morgan fingerprint density at radius 1 is 1.04 bits per heavy atom. The average Bonchev–Trinajstić information content (AvgIpc) is 2.70. The number of carbonyl (C=O) groups is 1. The van der Waals surface area contributed by atoms with Crippen LogP contribution in [0.3, 0.4) is 0 Å². The number of aryl methyl sites for hydroxylation is 1. The van der Waals surface area contributed by atoms with E-state index in [0.717, 1.165) is 22.0 Å². The molecule has 4 rings (SSSR count). The minimum atomic E-state index is -0.210. The van der Waals surface area contributed by atoms with Gasteiger partial charge in [0.2, 0.25) is 0 Å². The van der Waals surface area contributed by atoms with Gasteiger partial charge in [-0.2, -0.15) is 0 Å². The maximum Gasteiger partial charge on any atom is 0.256 e. The molecule has 0 aliphatic carbocycles. The van der Waals surface area contributed by atoms with Gasteiger partial charge in [0.1, 0.15) is 0 Å². The number of nitrogens with zero attached hydrogens (tertiary/aromatic N) is 2. The first-order chi connectivity index (χ1) is 13.1. The van der Waals surface area contributed by atoms with E-state index in [4.69, 9.17) is 11.6 Å². The van der Waals surface area contributed by atoms with E-state index in [0.29, 0.717) is 22.0 Å². The van der Waals surface area contributed by atoms with Crippen molar-refractivity contribution < 1.29 is 4.79 Å². The number of rotatable bonds is 3. The first kappa shape index (κ1) is 17.2. The lowest BCUT2D eigenvalue weighted by atomic mass is 10.0. The largest absolute Gasteiger partial charge is 0.322 e. The summed E-state index contributed by atoms with van der Waals surface area (Å²) in [4.78, 5) is 21.8. The molecule has 0 atom stereocenters. The maximum atomic E-state index is 13.0. The van der Waals surface area contributed by atoms with Gasteiger partial charge in [0, 0.05) is 34.1 Å². The summed E-state index contributed by atoms with van der Waals surface area (Å²) >= 11 is 6.18. The Labute approximate surface area is 161 Å². The summed E-state index contributed by atoms with van der Waals surface area (Å²) in [5.74, 6) is -0.210. The molecule has 2 heterocycles. The van der Waals surface area contributed by atoms with Crippen LogP contribution in [0.4, 0.5) is 5.69 Å². The van der Waals surface area contributed by atoms with Gasteiger partial charge >= 0.3 is 0 Å². The Kier molecular flexibility index (Phi) is 4.57. The van der Waals surface area contributed by atoms with Crippen molar-refractivity contribution in [3.8, 4) is 11.3 Å². The summed E-state index contributed by atoms with van der Waals surface area (Å²) in [5.41, 5.74) is 4.48. The molecule has 0 radical (unpaired) electrons. The zero-order chi connectivity index (χ0) is 18.8. The maximum absolute atomic E-state index is 13.0. The summed E-state index contributed by atoms with van der Waals surface area (Å²) in [7, 11) is 0. The number of nitrogens with one attached hydrogen (secondary N) is 1. The number of carbonyl (C=O) groups excluding carboxylic acids is 1. The highest BCUT2D eigenvalue weighted by molar-refractivity contribution is 6.31. The van der Waals surface area contributed by atoms with Crippen molar-refractivity contribution in [3.05, 3.63) is 89.2 Å². The fraction of sp³-hybridized carbons (Fsp3) is 0.0455. The van der Waals surface area contributed by atoms with Crippen LogP contribution >= 0.6 is 11.6 Å². The number of amides is 1. The van der Waals surface area contributed by atoms with E-state index >= 15 is 0 Å². The molecular formula is C22H16ClN3O. The van der Waals surface area contributed by atoms with Crippen molar-refractivity contribution in [2.75, 3.05) is 5.32 Å². The number of pyridine rings is 2. The highest BCUT2D eigenvalue weighted by Gasteiger charge is 2.14. The number of hydrogen-bond acceptors (Lipinski definition) is 3. The monoisotopic (exact) mass is 373 g/mol. The summed E-state index contributed by atoms with van der Waals surface area (Å²) < 4.78 is 0. The summed E-state index contributed by atoms with van der Waals surface area (Å²) in [5, 5.41) is 4.34. The average molecular weight is 374 g/mol. The molecule has 132 valence electrons. The van der Waals surface area contributed by atoms with Gasteiger partial charge in [0.15, 0.2) is 0 Å². The third-order valence-electron chi connectivity index (χ3n) is 4.35. The van der Waals surface area contributed by atoms with Crippen molar-refractivity contribution in [3.63, 3.8) is 0 Å². The number of hydrogen-bond donors (Lipinski definition) is 1. The molecule has 4 aromatic rings. The molecular weight excluding hydrogens is 358 g/mol. The van der Waals surface area contributed by atoms with Crippen LogP contribution in [0.15, 0.2) is 73.1 Å². The molecule has 27 heavy (non-hydrogen) atoms. The van der Waals surface area contributed by atoms with E-state index in [-0.39, 0.29) is 5.91 Å². The second kappa shape index (κ2) is 7.17. The van der Waals surface area contributed by atoms with Gasteiger partial charge in [0.25, 0.3) is 5.91 Å². The fourth-order valence-corrected chi connectivity index (χ4v) is 3.08. The second-order valence-corrected chi connectivity index (χ2v) is 6.64. The Bertz CT molecular complexity index is 1140. The Morgan fingerprint density at radius 3 is 2.67 bits per heavy atom. The lowest BCUT2D eigenvalue weighted by Crippen LogP contribution is -2.13. The lowest BCUT2D eigenvalue weighted by Gasteiger charge is -2.11. The minimum absolute atomic E-state index is 0.210. The Morgan fingerprint density at radius 2 is 1.89 bits per heavy atom. The first-order valence-corrected chi connectivity index (χ1v) is 8.87. The number of halogens is 1. The number of anilines is 1. The predicted molar refractivity (Wildman–Crippen MR) is 109 cm³/mol. The second-order valence-electron chi connectivity index (χ2n) is 6.23. The molecule has 4 nitrogen and oxygen atoms in total. The molecule has 5 heteroatoms. The lowest BCUT2D eigenvalue weighted by molar-refractivity contribution is 0.102. The number of para-hydroxylation sites is 1. The molecule has 0 saturated carbocycles. The van der Waals surface area contributed by atoms with E-state index < -0.39 is 0 Å². The Hall–Kier alpha value is -3.24. The van der Waals surface area contributed by atoms with Crippen LogP contribution < -0.4 is 5.32 Å². The van der Waals surface area contributed by atoms with Gasteiger partial charge in [-0.1, -0.05) is 35.9 Å². The summed E-state index contributed by atoms with van der Waals surface area (Å²) in [6.07, 6.45) is 3.44. The van der Waals surface area contributed by atoms with Gasteiger partial charge in [-0.15, -0.1) is 0 Å². The molecule has 0 fully saturated rings. The van der Waals surface area contributed by atoms with Crippen LogP contribution in [-0.4, -0.2) is 15.9 Å². The van der Waals surface area contributed by atoms with Gasteiger partial charge < -0.3 is 5.32 Å². The van der Waals surface area contributed by atoms with E-state index in [1.807, 2.05) is 55.5 Å². The molecule has 1 N–H and O–H groups in total. The molecule has 0 aliphatic heterocycles. The van der Waals surface area contributed by atoms with Gasteiger partial charge in [-0.25, -0.2) is 4.98 Å². The van der Waals surface area contributed by atoms with Crippen molar-refractivity contribution in [1.82, 2.24) is 9.97 Å². The van der Waals surface area contributed by atoms with E-state index in [2.05, 4.69) is 15.3 Å². The fourth-order valence-electron chi connectivity index (χ4n) is 2.89. The third kappa shape index (κ3) is 3.52. The summed E-state index contributed by atoms with van der Waals surface area (Å²) in [6, 6.07) is 18.6. The number of fused-ring (bicyclic) bond motifs is 1. The predicted octanol–water partition coefficient (Wildman–Crippen LogP) is 5.51. The number of benzene rings is 2. The molecule has 2 aromatic carbocycles. The molecule has 0 spiro atoms. The van der Waals surface area contributed by atoms with Crippen LogP contribution in [0.25, 0.3) is 22.2 Å². The van der Waals surface area contributed by atoms with E-state index in [1.54, 1.807) is 24.5 Å². The van der Waals surface area contributed by atoms with Crippen LogP contribution in [0.1, 0.15) is 15.9 Å². The van der Waals surface area contributed by atoms with Crippen molar-refractivity contribution >= 4 is 34.1 Å². The zero-order valence-corrected chi connectivity index (χ0v) is 15.4. The van der Waals surface area contributed by atoms with Crippen LogP contribution in [0.5, 0.6) is 0 Å². The highest BCUT2D eigenvalue weighted by Crippen LogP contribution is 2.26. The van der Waals surface area contributed by atoms with E-state index in [1.165, 1.54) is 0 Å². The zero-order valence-electron chi connectivity index (χ0n) is 14.6. The van der Waals surface area contributed by atoms with E-state index in [9.17, 15) is 4.79 Å². The highest BCUT2D eigenvalue weighted by atomic mass is 35.5. The van der Waals surface area contributed by atoms with Gasteiger partial charge in [0.05, 0.1) is 16.8 Å². The molecule has 0 bridgehead atoms. The first-order valence-electron chi connectivity index (χ1n) is 8.49. The molecule has 0 saturated heterocycles. The van der Waals surface area contributed by atoms with Crippen molar-refractivity contribution in [1.29, 1.82) is 0 Å². The third-order valence-corrected chi connectivity index (χ3v) is 4.76. The topological polar surface area (TPSA) is 54.9 Å². The molecule has 0 aliphatic rings. The van der Waals surface area contributed by atoms with Gasteiger partial charge in [-0.3, -0.25) is 9.78 Å².